The molecule has 3 rings (SSSR count). The fraction of sp³-hybridized carbons (Fsp3) is 0.733. The van der Waals surface area contributed by atoms with E-state index in [1.165, 1.54) is 58.0 Å². The zero-order valence-electron chi connectivity index (χ0n) is 10.9. The lowest BCUT2D eigenvalue weighted by atomic mass is 9.95. The molecule has 0 bridgehead atoms. The van der Waals surface area contributed by atoms with Gasteiger partial charge in [0, 0.05) is 17.5 Å². The number of hydrogen-bond donors (Lipinski definition) is 0. The summed E-state index contributed by atoms with van der Waals surface area (Å²) in [6.07, 6.45) is 9.73. The molecule has 1 aromatic heterocycles. The van der Waals surface area contributed by atoms with Gasteiger partial charge in [-0.3, -0.25) is 4.90 Å². The van der Waals surface area contributed by atoms with E-state index in [4.69, 9.17) is 0 Å². The molecule has 1 nitrogen and oxygen atoms in total. The Morgan fingerprint density at radius 3 is 3.00 bits per heavy atom. The van der Waals surface area contributed by atoms with Crippen LogP contribution in [0.3, 0.4) is 0 Å². The van der Waals surface area contributed by atoms with E-state index in [2.05, 4.69) is 17.2 Å². The third kappa shape index (κ3) is 2.43. The molecule has 1 aliphatic heterocycles. The largest absolute Gasteiger partial charge is 0.296 e. The monoisotopic (exact) mass is 249 g/mol. The summed E-state index contributed by atoms with van der Waals surface area (Å²) in [6.45, 7) is 4.93. The van der Waals surface area contributed by atoms with E-state index in [-0.39, 0.29) is 0 Å². The van der Waals surface area contributed by atoms with Gasteiger partial charge < -0.3 is 0 Å². The number of nitrogens with zero attached hydrogens (tertiary/aromatic N) is 1. The summed E-state index contributed by atoms with van der Waals surface area (Å²) >= 11 is 2.02. The molecule has 0 radical (unpaired) electrons. The minimum atomic E-state index is 0.794. The van der Waals surface area contributed by atoms with Crippen molar-refractivity contribution in [2.24, 2.45) is 0 Å². The maximum Gasteiger partial charge on any atom is 0.0247 e. The molecule has 0 spiro atoms. The van der Waals surface area contributed by atoms with Crippen LogP contribution in [0.4, 0.5) is 0 Å². The molecule has 94 valence electrons. The van der Waals surface area contributed by atoms with Crippen LogP contribution in [-0.2, 0) is 19.4 Å². The molecule has 0 aromatic carbocycles. The number of fused-ring (bicyclic) bond motifs is 1. The van der Waals surface area contributed by atoms with Crippen molar-refractivity contribution in [2.45, 2.75) is 64.5 Å². The van der Waals surface area contributed by atoms with Crippen molar-refractivity contribution in [3.8, 4) is 0 Å². The molecule has 1 fully saturated rings. The Labute approximate surface area is 109 Å². The average Bonchev–Trinajstić information content (AvgIpc) is 2.76. The maximum absolute atomic E-state index is 2.69. The van der Waals surface area contributed by atoms with Crippen molar-refractivity contribution in [3.63, 3.8) is 0 Å². The van der Waals surface area contributed by atoms with E-state index in [9.17, 15) is 0 Å². The first-order chi connectivity index (χ1) is 8.34. The van der Waals surface area contributed by atoms with Gasteiger partial charge in [0.2, 0.25) is 0 Å². The third-order valence-electron chi connectivity index (χ3n) is 4.46. The molecular weight excluding hydrogens is 226 g/mol. The van der Waals surface area contributed by atoms with Gasteiger partial charge in [0.1, 0.15) is 0 Å². The Balaban J connectivity index is 1.73. The molecule has 1 unspecified atom stereocenters. The molecule has 1 aromatic rings. The predicted molar refractivity (Wildman–Crippen MR) is 74.7 cm³/mol. The van der Waals surface area contributed by atoms with Crippen molar-refractivity contribution in [2.75, 3.05) is 6.54 Å². The van der Waals surface area contributed by atoms with Gasteiger partial charge in [0.15, 0.2) is 0 Å². The number of aryl methyl sites for hydroxylation is 1. The molecule has 17 heavy (non-hydrogen) atoms. The third-order valence-corrected chi connectivity index (χ3v) is 5.60. The average molecular weight is 249 g/mol. The fourth-order valence-electron chi connectivity index (χ4n) is 3.30. The van der Waals surface area contributed by atoms with E-state index >= 15 is 0 Å². The molecule has 1 saturated heterocycles. The van der Waals surface area contributed by atoms with E-state index in [1.807, 2.05) is 11.3 Å². The standard InChI is InChI=1S/C15H23NS/c1-12-6-4-5-9-16(12)10-13-11-17-15-8-3-2-7-14(13)15/h11-12H,2-10H2,1H3. The smallest absolute Gasteiger partial charge is 0.0247 e. The summed E-state index contributed by atoms with van der Waals surface area (Å²) in [6, 6.07) is 0.794. The molecule has 0 amide bonds. The molecule has 0 N–H and O–H groups in total. The minimum Gasteiger partial charge on any atom is -0.296 e. The van der Waals surface area contributed by atoms with Crippen molar-refractivity contribution in [1.29, 1.82) is 0 Å². The van der Waals surface area contributed by atoms with Crippen LogP contribution in [0.2, 0.25) is 0 Å². The number of thiophene rings is 1. The second-order valence-corrected chi connectivity index (χ2v) is 6.65. The highest BCUT2D eigenvalue weighted by Gasteiger charge is 2.21. The van der Waals surface area contributed by atoms with Crippen molar-refractivity contribution in [3.05, 3.63) is 21.4 Å². The van der Waals surface area contributed by atoms with Gasteiger partial charge in [-0.15, -0.1) is 11.3 Å². The lowest BCUT2D eigenvalue weighted by Crippen LogP contribution is -2.36. The molecule has 1 aliphatic carbocycles. The highest BCUT2D eigenvalue weighted by atomic mass is 32.1. The fourth-order valence-corrected chi connectivity index (χ4v) is 4.44. The molecule has 1 atom stereocenters. The van der Waals surface area contributed by atoms with Crippen molar-refractivity contribution >= 4 is 11.3 Å². The Morgan fingerprint density at radius 2 is 2.12 bits per heavy atom. The highest BCUT2D eigenvalue weighted by molar-refractivity contribution is 7.10. The number of piperidine rings is 1. The number of likely N-dealkylation sites (tertiary alicyclic amines) is 1. The maximum atomic E-state index is 2.69. The zero-order valence-corrected chi connectivity index (χ0v) is 11.7. The van der Waals surface area contributed by atoms with Crippen LogP contribution in [0.15, 0.2) is 5.38 Å². The summed E-state index contributed by atoms with van der Waals surface area (Å²) in [5.74, 6) is 0. The second-order valence-electron chi connectivity index (χ2n) is 5.69. The van der Waals surface area contributed by atoms with Gasteiger partial charge in [-0.25, -0.2) is 0 Å². The van der Waals surface area contributed by atoms with E-state index in [1.54, 1.807) is 16.0 Å². The van der Waals surface area contributed by atoms with Crippen LogP contribution in [0, 0.1) is 0 Å². The first kappa shape index (κ1) is 11.7. The van der Waals surface area contributed by atoms with E-state index < -0.39 is 0 Å². The quantitative estimate of drug-likeness (QED) is 0.765. The van der Waals surface area contributed by atoms with E-state index in [0.29, 0.717) is 0 Å². The molecule has 2 heteroatoms. The van der Waals surface area contributed by atoms with Gasteiger partial charge >= 0.3 is 0 Å². The Morgan fingerprint density at radius 1 is 1.24 bits per heavy atom. The Kier molecular flexibility index (Phi) is 3.53. The van der Waals surface area contributed by atoms with Crippen molar-refractivity contribution in [1.82, 2.24) is 4.90 Å². The Bertz CT molecular complexity index is 382. The lowest BCUT2D eigenvalue weighted by molar-refractivity contribution is 0.152. The topological polar surface area (TPSA) is 3.24 Å². The van der Waals surface area contributed by atoms with Crippen LogP contribution >= 0.6 is 11.3 Å². The molecular formula is C15H23NS. The lowest BCUT2D eigenvalue weighted by Gasteiger charge is -2.33. The second kappa shape index (κ2) is 5.11. The minimum absolute atomic E-state index is 0.794. The summed E-state index contributed by atoms with van der Waals surface area (Å²) in [4.78, 5) is 4.39. The predicted octanol–water partition coefficient (Wildman–Crippen LogP) is 4.00. The van der Waals surface area contributed by atoms with Crippen molar-refractivity contribution < 1.29 is 0 Å². The van der Waals surface area contributed by atoms with E-state index in [0.717, 1.165) is 6.04 Å². The summed E-state index contributed by atoms with van der Waals surface area (Å²) in [7, 11) is 0. The highest BCUT2D eigenvalue weighted by Crippen LogP contribution is 2.32. The first-order valence-electron chi connectivity index (χ1n) is 7.17. The van der Waals surface area contributed by atoms with Crippen LogP contribution in [-0.4, -0.2) is 17.5 Å². The number of hydrogen-bond acceptors (Lipinski definition) is 2. The van der Waals surface area contributed by atoms with Gasteiger partial charge in [-0.2, -0.15) is 0 Å². The molecule has 2 aliphatic rings. The normalized spacial score (nSPS) is 25.8. The van der Waals surface area contributed by atoms with Gasteiger partial charge in [-0.1, -0.05) is 6.42 Å². The van der Waals surface area contributed by atoms with Crippen LogP contribution in [0.1, 0.15) is 55.0 Å². The summed E-state index contributed by atoms with van der Waals surface area (Å²) in [5, 5.41) is 2.44. The summed E-state index contributed by atoms with van der Waals surface area (Å²) in [5.41, 5.74) is 3.37. The molecule has 0 saturated carbocycles. The van der Waals surface area contributed by atoms with Crippen LogP contribution in [0.5, 0.6) is 0 Å². The van der Waals surface area contributed by atoms with Gasteiger partial charge in [0.25, 0.3) is 0 Å². The SMILES string of the molecule is CC1CCCCN1Cc1csc2c1CCCC2. The van der Waals surface area contributed by atoms with Crippen LogP contribution in [0.25, 0.3) is 0 Å². The van der Waals surface area contributed by atoms with Crippen LogP contribution < -0.4 is 0 Å². The van der Waals surface area contributed by atoms with Gasteiger partial charge in [-0.05, 0) is 68.5 Å². The first-order valence-corrected chi connectivity index (χ1v) is 8.05. The number of rotatable bonds is 2. The molecule has 2 heterocycles. The Hall–Kier alpha value is -0.340. The van der Waals surface area contributed by atoms with Gasteiger partial charge in [0.05, 0.1) is 0 Å². The summed E-state index contributed by atoms with van der Waals surface area (Å²) < 4.78 is 0. The zero-order chi connectivity index (χ0) is 11.7.